The molecule has 1 aliphatic heterocycles. The average Bonchev–Trinajstić information content (AvgIpc) is 2.77. The lowest BCUT2D eigenvalue weighted by Crippen LogP contribution is -2.40. The van der Waals surface area contributed by atoms with Crippen LogP contribution in [0, 0.1) is 5.92 Å². The SMILES string of the molecule is COc1cccc(C(CCOCCN2CCC[C@@H](C(=O)O)C2)c2ccccc2)c1. The van der Waals surface area contributed by atoms with Gasteiger partial charge in [0.25, 0.3) is 0 Å². The summed E-state index contributed by atoms with van der Waals surface area (Å²) in [5.74, 6) is 0.194. The monoisotopic (exact) mass is 397 g/mol. The lowest BCUT2D eigenvalue weighted by Gasteiger charge is -2.30. The van der Waals surface area contributed by atoms with Gasteiger partial charge >= 0.3 is 5.97 Å². The predicted octanol–water partition coefficient (Wildman–Crippen LogP) is 4.03. The summed E-state index contributed by atoms with van der Waals surface area (Å²) in [6, 6.07) is 18.7. The van der Waals surface area contributed by atoms with E-state index in [2.05, 4.69) is 41.3 Å². The summed E-state index contributed by atoms with van der Waals surface area (Å²) in [6.07, 6.45) is 2.61. The first-order chi connectivity index (χ1) is 14.2. The molecule has 5 heteroatoms. The van der Waals surface area contributed by atoms with Crippen LogP contribution in [0.3, 0.4) is 0 Å². The van der Waals surface area contributed by atoms with E-state index >= 15 is 0 Å². The Morgan fingerprint density at radius 2 is 1.93 bits per heavy atom. The number of piperidine rings is 1. The molecule has 1 saturated heterocycles. The molecule has 5 nitrogen and oxygen atoms in total. The lowest BCUT2D eigenvalue weighted by molar-refractivity contribution is -0.143. The quantitative estimate of drug-likeness (QED) is 0.614. The first kappa shape index (κ1) is 21.3. The van der Waals surface area contributed by atoms with Crippen molar-refractivity contribution >= 4 is 5.97 Å². The van der Waals surface area contributed by atoms with Gasteiger partial charge in [-0.1, -0.05) is 42.5 Å². The van der Waals surface area contributed by atoms with Gasteiger partial charge in [-0.3, -0.25) is 4.79 Å². The van der Waals surface area contributed by atoms with E-state index in [9.17, 15) is 9.90 Å². The zero-order valence-corrected chi connectivity index (χ0v) is 17.1. The number of carbonyl (C=O) groups is 1. The number of likely N-dealkylation sites (tertiary alicyclic amines) is 1. The summed E-state index contributed by atoms with van der Waals surface area (Å²) >= 11 is 0. The minimum atomic E-state index is -0.681. The zero-order valence-electron chi connectivity index (χ0n) is 17.1. The summed E-state index contributed by atoms with van der Waals surface area (Å²) in [4.78, 5) is 13.4. The third-order valence-corrected chi connectivity index (χ3v) is 5.66. The molecule has 0 bridgehead atoms. The van der Waals surface area contributed by atoms with Gasteiger partial charge in [0.15, 0.2) is 0 Å². The Labute approximate surface area is 173 Å². The van der Waals surface area contributed by atoms with Gasteiger partial charge in [-0.25, -0.2) is 0 Å². The molecule has 0 saturated carbocycles. The van der Waals surface area contributed by atoms with Crippen LogP contribution in [0.15, 0.2) is 54.6 Å². The van der Waals surface area contributed by atoms with E-state index in [-0.39, 0.29) is 11.8 Å². The number of nitrogens with zero attached hydrogens (tertiary/aromatic N) is 1. The van der Waals surface area contributed by atoms with Crippen LogP contribution in [-0.2, 0) is 9.53 Å². The number of methoxy groups -OCH3 is 1. The van der Waals surface area contributed by atoms with Gasteiger partial charge in [-0.05, 0) is 49.1 Å². The number of carboxylic acid groups (broad SMARTS) is 1. The standard InChI is InChI=1S/C24H31NO4/c1-28-22-11-5-9-20(17-22)23(19-7-3-2-4-8-19)12-15-29-16-14-25-13-6-10-21(18-25)24(26)27/h2-5,7-9,11,17,21,23H,6,10,12-16,18H2,1H3,(H,26,27)/t21-,23?/m1/s1. The first-order valence-corrected chi connectivity index (χ1v) is 10.4. The predicted molar refractivity (Wildman–Crippen MR) is 114 cm³/mol. The summed E-state index contributed by atoms with van der Waals surface area (Å²) in [5, 5.41) is 9.21. The molecule has 1 N–H and O–H groups in total. The van der Waals surface area contributed by atoms with Crippen molar-refractivity contribution in [2.24, 2.45) is 5.92 Å². The molecule has 156 valence electrons. The molecular formula is C24H31NO4. The molecule has 1 unspecified atom stereocenters. The fourth-order valence-corrected chi connectivity index (χ4v) is 4.03. The van der Waals surface area contributed by atoms with Crippen LogP contribution in [0.5, 0.6) is 5.75 Å². The smallest absolute Gasteiger partial charge is 0.307 e. The van der Waals surface area contributed by atoms with Gasteiger partial charge in [-0.15, -0.1) is 0 Å². The highest BCUT2D eigenvalue weighted by molar-refractivity contribution is 5.70. The molecule has 1 fully saturated rings. The Morgan fingerprint density at radius 3 is 2.69 bits per heavy atom. The molecule has 0 aromatic heterocycles. The number of rotatable bonds is 10. The molecule has 2 aromatic carbocycles. The zero-order chi connectivity index (χ0) is 20.5. The van der Waals surface area contributed by atoms with Crippen molar-refractivity contribution in [2.45, 2.75) is 25.2 Å². The number of ether oxygens (including phenoxy) is 2. The van der Waals surface area contributed by atoms with E-state index in [1.54, 1.807) is 7.11 Å². The highest BCUT2D eigenvalue weighted by atomic mass is 16.5. The maximum atomic E-state index is 11.2. The summed E-state index contributed by atoms with van der Waals surface area (Å²) < 4.78 is 11.3. The second-order valence-corrected chi connectivity index (χ2v) is 7.62. The Bertz CT molecular complexity index is 764. The number of aliphatic carboxylic acids is 1. The second-order valence-electron chi connectivity index (χ2n) is 7.62. The van der Waals surface area contributed by atoms with E-state index in [4.69, 9.17) is 9.47 Å². The Hall–Kier alpha value is -2.37. The van der Waals surface area contributed by atoms with Crippen LogP contribution < -0.4 is 4.74 Å². The molecule has 0 spiro atoms. The van der Waals surface area contributed by atoms with Crippen LogP contribution >= 0.6 is 0 Å². The molecule has 0 aliphatic carbocycles. The minimum Gasteiger partial charge on any atom is -0.497 e. The minimum absolute atomic E-state index is 0.237. The van der Waals surface area contributed by atoms with E-state index in [0.717, 1.165) is 38.1 Å². The molecule has 2 atom stereocenters. The molecule has 0 amide bonds. The summed E-state index contributed by atoms with van der Waals surface area (Å²) in [6.45, 7) is 3.68. The number of carboxylic acids is 1. The van der Waals surface area contributed by atoms with Crippen molar-refractivity contribution in [1.82, 2.24) is 4.90 Å². The van der Waals surface area contributed by atoms with E-state index in [1.807, 2.05) is 18.2 Å². The number of benzene rings is 2. The van der Waals surface area contributed by atoms with Crippen LogP contribution in [0.1, 0.15) is 36.3 Å². The van der Waals surface area contributed by atoms with E-state index in [0.29, 0.717) is 19.8 Å². The molecule has 2 aromatic rings. The maximum absolute atomic E-state index is 11.2. The van der Waals surface area contributed by atoms with Crippen molar-refractivity contribution in [2.75, 3.05) is 40.0 Å². The van der Waals surface area contributed by atoms with Crippen LogP contribution in [0.2, 0.25) is 0 Å². The molecule has 0 radical (unpaired) electrons. The summed E-state index contributed by atoms with van der Waals surface area (Å²) in [7, 11) is 1.69. The van der Waals surface area contributed by atoms with Crippen LogP contribution in [0.25, 0.3) is 0 Å². The molecule has 1 aliphatic rings. The largest absolute Gasteiger partial charge is 0.497 e. The van der Waals surface area contributed by atoms with Gasteiger partial charge in [-0.2, -0.15) is 0 Å². The van der Waals surface area contributed by atoms with Gasteiger partial charge in [0.2, 0.25) is 0 Å². The van der Waals surface area contributed by atoms with Crippen molar-refractivity contribution in [3.63, 3.8) is 0 Å². The highest BCUT2D eigenvalue weighted by Gasteiger charge is 2.24. The second kappa shape index (κ2) is 11.0. The molecule has 1 heterocycles. The van der Waals surface area contributed by atoms with Crippen LogP contribution in [0.4, 0.5) is 0 Å². The Kier molecular flexibility index (Phi) is 8.08. The fraction of sp³-hybridized carbons (Fsp3) is 0.458. The van der Waals surface area contributed by atoms with Crippen LogP contribution in [-0.4, -0.2) is 55.9 Å². The van der Waals surface area contributed by atoms with E-state index < -0.39 is 5.97 Å². The number of hydrogen-bond donors (Lipinski definition) is 1. The maximum Gasteiger partial charge on any atom is 0.307 e. The van der Waals surface area contributed by atoms with E-state index in [1.165, 1.54) is 11.1 Å². The molecular weight excluding hydrogens is 366 g/mol. The molecule has 3 rings (SSSR count). The third-order valence-electron chi connectivity index (χ3n) is 5.66. The normalized spacial score (nSPS) is 18.3. The first-order valence-electron chi connectivity index (χ1n) is 10.4. The average molecular weight is 398 g/mol. The van der Waals surface area contributed by atoms with Gasteiger partial charge in [0.1, 0.15) is 5.75 Å². The molecule has 29 heavy (non-hydrogen) atoms. The third kappa shape index (κ3) is 6.31. The Balaban J connectivity index is 1.52. The highest BCUT2D eigenvalue weighted by Crippen LogP contribution is 2.30. The van der Waals surface area contributed by atoms with Gasteiger partial charge in [0.05, 0.1) is 19.6 Å². The lowest BCUT2D eigenvalue weighted by atomic mass is 9.89. The van der Waals surface area contributed by atoms with Crippen molar-refractivity contribution < 1.29 is 19.4 Å². The van der Waals surface area contributed by atoms with Gasteiger partial charge < -0.3 is 19.5 Å². The van der Waals surface area contributed by atoms with Crippen molar-refractivity contribution in [3.05, 3.63) is 65.7 Å². The number of hydrogen-bond acceptors (Lipinski definition) is 4. The fourth-order valence-electron chi connectivity index (χ4n) is 4.03. The topological polar surface area (TPSA) is 59.0 Å². The van der Waals surface area contributed by atoms with Crippen molar-refractivity contribution in [3.8, 4) is 5.75 Å². The Morgan fingerprint density at radius 1 is 1.14 bits per heavy atom. The summed E-state index contributed by atoms with van der Waals surface area (Å²) in [5.41, 5.74) is 2.49. The van der Waals surface area contributed by atoms with Crippen molar-refractivity contribution in [1.29, 1.82) is 0 Å². The van der Waals surface area contributed by atoms with Gasteiger partial charge in [0, 0.05) is 25.6 Å².